The van der Waals surface area contributed by atoms with Gasteiger partial charge in [-0.05, 0) is 25.0 Å². The highest BCUT2D eigenvalue weighted by Gasteiger charge is 2.10. The summed E-state index contributed by atoms with van der Waals surface area (Å²) in [6, 6.07) is 1.97. The second-order valence-electron chi connectivity index (χ2n) is 2.91. The van der Waals surface area contributed by atoms with Crippen LogP contribution in [0.4, 0.5) is 0 Å². The quantitative estimate of drug-likeness (QED) is 0.799. The Morgan fingerprint density at radius 3 is 2.75 bits per heavy atom. The van der Waals surface area contributed by atoms with Gasteiger partial charge in [-0.3, -0.25) is 0 Å². The van der Waals surface area contributed by atoms with E-state index in [2.05, 4.69) is 6.92 Å². The fourth-order valence-corrected chi connectivity index (χ4v) is 2.30. The maximum Gasteiger partial charge on any atom is 0.0961 e. The highest BCUT2D eigenvalue weighted by atomic mass is 35.5. The van der Waals surface area contributed by atoms with Crippen molar-refractivity contribution in [3.05, 3.63) is 20.8 Å². The molecule has 1 heterocycles. The van der Waals surface area contributed by atoms with Crippen molar-refractivity contribution in [1.82, 2.24) is 0 Å². The Bertz CT molecular complexity index is 238. The van der Waals surface area contributed by atoms with Crippen molar-refractivity contribution in [2.75, 3.05) is 0 Å². The monoisotopic (exact) mass is 204 g/mol. The van der Waals surface area contributed by atoms with Gasteiger partial charge in [0.15, 0.2) is 0 Å². The number of aryl methyl sites for hydroxylation is 1. The Morgan fingerprint density at radius 2 is 2.33 bits per heavy atom. The second kappa shape index (κ2) is 4.26. The fraction of sp³-hybridized carbons (Fsp3) is 0.556. The molecule has 0 aliphatic rings. The molecule has 0 radical (unpaired) electrons. The summed E-state index contributed by atoms with van der Waals surface area (Å²) in [5.41, 5.74) is 1.06. The van der Waals surface area contributed by atoms with Crippen LogP contribution in [0.15, 0.2) is 6.07 Å². The minimum absolute atomic E-state index is 0.328. The van der Waals surface area contributed by atoms with Gasteiger partial charge in [0.25, 0.3) is 0 Å². The number of hydrogen-bond donors (Lipinski definition) is 1. The van der Waals surface area contributed by atoms with Crippen molar-refractivity contribution in [1.29, 1.82) is 0 Å². The molecule has 1 rings (SSSR count). The van der Waals surface area contributed by atoms with E-state index in [0.29, 0.717) is 0 Å². The van der Waals surface area contributed by atoms with Crippen molar-refractivity contribution >= 4 is 22.9 Å². The lowest BCUT2D eigenvalue weighted by Gasteiger charge is -2.04. The summed E-state index contributed by atoms with van der Waals surface area (Å²) in [6.45, 7) is 4.02. The van der Waals surface area contributed by atoms with Crippen LogP contribution in [0.25, 0.3) is 0 Å². The third-order valence-corrected chi connectivity index (χ3v) is 3.42. The summed E-state index contributed by atoms with van der Waals surface area (Å²) in [7, 11) is 0. The fourth-order valence-electron chi connectivity index (χ4n) is 1.06. The molecule has 1 atom stereocenters. The summed E-state index contributed by atoms with van der Waals surface area (Å²) < 4.78 is 0.792. The first-order chi connectivity index (χ1) is 5.65. The molecule has 0 fully saturated rings. The van der Waals surface area contributed by atoms with Gasteiger partial charge in [0, 0.05) is 4.88 Å². The van der Waals surface area contributed by atoms with Crippen molar-refractivity contribution in [3.63, 3.8) is 0 Å². The first kappa shape index (κ1) is 10.0. The van der Waals surface area contributed by atoms with Gasteiger partial charge < -0.3 is 5.11 Å². The topological polar surface area (TPSA) is 20.2 Å². The number of aliphatic hydroxyl groups excluding tert-OH is 1. The molecule has 1 aromatic heterocycles. The number of aliphatic hydroxyl groups is 1. The normalized spacial score (nSPS) is 13.3. The third-order valence-electron chi connectivity index (χ3n) is 1.77. The van der Waals surface area contributed by atoms with Crippen LogP contribution in [0, 0.1) is 6.92 Å². The number of hydrogen-bond acceptors (Lipinski definition) is 2. The average Bonchev–Trinajstić information content (AvgIpc) is 2.33. The number of thiophene rings is 1. The Hall–Kier alpha value is -0.0500. The molecule has 0 aromatic carbocycles. The summed E-state index contributed by atoms with van der Waals surface area (Å²) in [5, 5.41) is 9.61. The van der Waals surface area contributed by atoms with Crippen molar-refractivity contribution in [2.45, 2.75) is 32.8 Å². The van der Waals surface area contributed by atoms with E-state index in [9.17, 15) is 5.11 Å². The van der Waals surface area contributed by atoms with E-state index in [1.165, 1.54) is 11.3 Å². The molecule has 0 aliphatic carbocycles. The van der Waals surface area contributed by atoms with E-state index in [0.717, 1.165) is 27.6 Å². The molecule has 68 valence electrons. The lowest BCUT2D eigenvalue weighted by atomic mass is 10.2. The first-order valence-corrected chi connectivity index (χ1v) is 5.28. The molecule has 1 unspecified atom stereocenters. The van der Waals surface area contributed by atoms with E-state index >= 15 is 0 Å². The lowest BCUT2D eigenvalue weighted by Crippen LogP contribution is -1.92. The van der Waals surface area contributed by atoms with Gasteiger partial charge in [0.1, 0.15) is 0 Å². The van der Waals surface area contributed by atoms with Crippen LogP contribution >= 0.6 is 22.9 Å². The van der Waals surface area contributed by atoms with Crippen molar-refractivity contribution < 1.29 is 5.11 Å². The zero-order valence-corrected chi connectivity index (χ0v) is 8.87. The van der Waals surface area contributed by atoms with E-state index in [4.69, 9.17) is 11.6 Å². The van der Waals surface area contributed by atoms with Gasteiger partial charge >= 0.3 is 0 Å². The van der Waals surface area contributed by atoms with Crippen LogP contribution in [0.1, 0.15) is 36.3 Å². The van der Waals surface area contributed by atoms with Crippen LogP contribution in [0.2, 0.25) is 4.34 Å². The largest absolute Gasteiger partial charge is 0.388 e. The van der Waals surface area contributed by atoms with Gasteiger partial charge in [-0.2, -0.15) is 0 Å². The maximum atomic E-state index is 9.61. The molecular weight excluding hydrogens is 192 g/mol. The SMILES string of the molecule is CCCC(O)c1cc(C)c(Cl)s1. The molecule has 0 saturated heterocycles. The molecule has 12 heavy (non-hydrogen) atoms. The third kappa shape index (κ3) is 2.22. The minimum Gasteiger partial charge on any atom is -0.388 e. The predicted molar refractivity (Wildman–Crippen MR) is 53.9 cm³/mol. The van der Waals surface area contributed by atoms with Crippen LogP contribution in [-0.2, 0) is 0 Å². The molecular formula is C9H13ClOS. The zero-order chi connectivity index (χ0) is 9.14. The highest BCUT2D eigenvalue weighted by Crippen LogP contribution is 2.32. The molecule has 3 heteroatoms. The Morgan fingerprint density at radius 1 is 1.67 bits per heavy atom. The smallest absolute Gasteiger partial charge is 0.0961 e. The van der Waals surface area contributed by atoms with E-state index in [1.807, 2.05) is 13.0 Å². The highest BCUT2D eigenvalue weighted by molar-refractivity contribution is 7.16. The van der Waals surface area contributed by atoms with Crippen molar-refractivity contribution in [3.8, 4) is 0 Å². The Kier molecular flexibility index (Phi) is 3.56. The molecule has 1 nitrogen and oxygen atoms in total. The van der Waals surface area contributed by atoms with E-state index < -0.39 is 0 Å². The first-order valence-electron chi connectivity index (χ1n) is 4.09. The average molecular weight is 205 g/mol. The molecule has 1 aromatic rings. The zero-order valence-electron chi connectivity index (χ0n) is 7.30. The van der Waals surface area contributed by atoms with Crippen LogP contribution in [-0.4, -0.2) is 5.11 Å². The van der Waals surface area contributed by atoms with Gasteiger partial charge in [-0.1, -0.05) is 24.9 Å². The molecule has 0 aliphatic heterocycles. The van der Waals surface area contributed by atoms with Crippen LogP contribution in [0.5, 0.6) is 0 Å². The summed E-state index contributed by atoms with van der Waals surface area (Å²) >= 11 is 7.36. The number of halogens is 1. The molecule has 0 saturated carbocycles. The predicted octanol–water partition coefficient (Wildman–Crippen LogP) is 3.54. The maximum absolute atomic E-state index is 9.61. The number of rotatable bonds is 3. The molecule has 0 amide bonds. The summed E-state index contributed by atoms with van der Waals surface area (Å²) in [5.74, 6) is 0. The van der Waals surface area contributed by atoms with Gasteiger partial charge in [0.2, 0.25) is 0 Å². The van der Waals surface area contributed by atoms with E-state index in [-0.39, 0.29) is 6.10 Å². The van der Waals surface area contributed by atoms with Gasteiger partial charge in [-0.25, -0.2) is 0 Å². The summed E-state index contributed by atoms with van der Waals surface area (Å²) in [4.78, 5) is 0.986. The van der Waals surface area contributed by atoms with Gasteiger partial charge in [-0.15, -0.1) is 11.3 Å². The Labute approximate surface area is 82.0 Å². The molecule has 1 N–H and O–H groups in total. The second-order valence-corrected chi connectivity index (χ2v) is 4.60. The van der Waals surface area contributed by atoms with Crippen LogP contribution < -0.4 is 0 Å². The lowest BCUT2D eigenvalue weighted by molar-refractivity contribution is 0.170. The van der Waals surface area contributed by atoms with Crippen LogP contribution in [0.3, 0.4) is 0 Å². The Balaban J connectivity index is 2.74. The van der Waals surface area contributed by atoms with Gasteiger partial charge in [0.05, 0.1) is 10.4 Å². The van der Waals surface area contributed by atoms with E-state index in [1.54, 1.807) is 0 Å². The minimum atomic E-state index is -0.328. The molecule has 0 bridgehead atoms. The summed E-state index contributed by atoms with van der Waals surface area (Å²) in [6.07, 6.45) is 1.48. The van der Waals surface area contributed by atoms with Crippen molar-refractivity contribution in [2.24, 2.45) is 0 Å². The molecule has 0 spiro atoms. The standard InChI is InChI=1S/C9H13ClOS/c1-3-4-7(11)8-5-6(2)9(10)12-8/h5,7,11H,3-4H2,1-2H3.